The molecule has 1 atom stereocenters. The number of nitrogens with one attached hydrogen (secondary N) is 1. The van der Waals surface area contributed by atoms with E-state index in [2.05, 4.69) is 19.2 Å². The molecule has 0 fully saturated rings. The lowest BCUT2D eigenvalue weighted by atomic mass is 9.73. The summed E-state index contributed by atoms with van der Waals surface area (Å²) in [6.45, 7) is 4.11. The number of carbonyl (C=O) groups excluding carboxylic acids is 2. The van der Waals surface area contributed by atoms with Crippen molar-refractivity contribution in [3.05, 3.63) is 65.4 Å². The number of amides is 1. The molecule has 1 amide bonds. The molecular formula is C26H28N2O5. The van der Waals surface area contributed by atoms with Gasteiger partial charge in [0.15, 0.2) is 5.78 Å². The number of anilines is 2. The summed E-state index contributed by atoms with van der Waals surface area (Å²) in [5.74, 6) is -0.890. The predicted octanol–water partition coefficient (Wildman–Crippen LogP) is 4.70. The lowest BCUT2D eigenvalue weighted by Gasteiger charge is -2.37. The van der Waals surface area contributed by atoms with Gasteiger partial charge in [-0.1, -0.05) is 44.2 Å². The summed E-state index contributed by atoms with van der Waals surface area (Å²) < 4.78 is 5.62. The van der Waals surface area contributed by atoms with Crippen molar-refractivity contribution < 1.29 is 24.2 Å². The second kappa shape index (κ2) is 8.73. The number of Topliss-reactive ketones (excluding diaryl/α,β-unsaturated/α-hetero) is 1. The number of allylic oxidation sites excluding steroid dienone is 1. The molecule has 0 saturated heterocycles. The van der Waals surface area contributed by atoms with E-state index in [1.165, 1.54) is 0 Å². The second-order valence-corrected chi connectivity index (χ2v) is 9.28. The number of carbonyl (C=O) groups is 3. The van der Waals surface area contributed by atoms with Crippen LogP contribution in [0.3, 0.4) is 0 Å². The van der Waals surface area contributed by atoms with Crippen molar-refractivity contribution in [2.75, 3.05) is 17.3 Å². The van der Waals surface area contributed by atoms with E-state index < -0.39 is 12.0 Å². The van der Waals surface area contributed by atoms with Crippen molar-refractivity contribution in [1.82, 2.24) is 0 Å². The smallest absolute Gasteiger partial charge is 0.303 e. The average molecular weight is 449 g/mol. The molecule has 2 N–H and O–H groups in total. The van der Waals surface area contributed by atoms with E-state index in [0.717, 1.165) is 5.70 Å². The van der Waals surface area contributed by atoms with E-state index in [4.69, 9.17) is 4.74 Å². The lowest BCUT2D eigenvalue weighted by molar-refractivity contribution is -0.138. The maximum atomic E-state index is 13.6. The topological polar surface area (TPSA) is 95.9 Å². The van der Waals surface area contributed by atoms with Crippen LogP contribution >= 0.6 is 0 Å². The van der Waals surface area contributed by atoms with Gasteiger partial charge >= 0.3 is 5.97 Å². The molecule has 1 heterocycles. The molecule has 1 aliphatic carbocycles. The van der Waals surface area contributed by atoms with Crippen molar-refractivity contribution in [1.29, 1.82) is 0 Å². The SMILES string of the molecule is COc1ccccc1[C@H]1C2=C(CC(C)(C)CC2=O)Nc2ccccc2N1C(=O)CCC(=O)O. The van der Waals surface area contributed by atoms with E-state index in [0.29, 0.717) is 41.1 Å². The van der Waals surface area contributed by atoms with Gasteiger partial charge in [0.1, 0.15) is 5.75 Å². The number of hydrogen-bond donors (Lipinski definition) is 2. The third-order valence-electron chi connectivity index (χ3n) is 6.16. The van der Waals surface area contributed by atoms with Crippen LogP contribution in [0.2, 0.25) is 0 Å². The fraction of sp³-hybridized carbons (Fsp3) is 0.346. The fourth-order valence-electron chi connectivity index (χ4n) is 4.78. The molecule has 2 aromatic rings. The average Bonchev–Trinajstić information content (AvgIpc) is 2.90. The highest BCUT2D eigenvalue weighted by Gasteiger charge is 2.43. The number of carboxylic acids is 1. The van der Waals surface area contributed by atoms with Gasteiger partial charge in [-0.2, -0.15) is 0 Å². The Hall–Kier alpha value is -3.61. The van der Waals surface area contributed by atoms with Gasteiger partial charge in [0.05, 0.1) is 30.9 Å². The van der Waals surface area contributed by atoms with Crippen LogP contribution in [0.4, 0.5) is 11.4 Å². The van der Waals surface area contributed by atoms with Gasteiger partial charge in [-0.15, -0.1) is 0 Å². The van der Waals surface area contributed by atoms with Crippen LogP contribution in [-0.4, -0.2) is 29.9 Å². The summed E-state index contributed by atoms with van der Waals surface area (Å²) in [5.41, 5.74) is 3.07. The molecule has 0 radical (unpaired) electrons. The van der Waals surface area contributed by atoms with E-state index >= 15 is 0 Å². The zero-order chi connectivity index (χ0) is 23.8. The van der Waals surface area contributed by atoms with Crippen molar-refractivity contribution in [2.24, 2.45) is 5.41 Å². The Morgan fingerprint density at radius 3 is 2.52 bits per heavy atom. The number of hydrogen-bond acceptors (Lipinski definition) is 5. The third-order valence-corrected chi connectivity index (χ3v) is 6.16. The minimum absolute atomic E-state index is 0.0338. The normalized spacial score (nSPS) is 19.2. The molecule has 7 nitrogen and oxygen atoms in total. The number of para-hydroxylation sites is 3. The van der Waals surface area contributed by atoms with Crippen molar-refractivity contribution >= 4 is 29.0 Å². The van der Waals surface area contributed by atoms with Gasteiger partial charge in [0, 0.05) is 29.7 Å². The van der Waals surface area contributed by atoms with Crippen LogP contribution in [0.15, 0.2) is 59.8 Å². The Bertz CT molecular complexity index is 1150. The summed E-state index contributed by atoms with van der Waals surface area (Å²) in [6.07, 6.45) is 0.520. The number of rotatable bonds is 5. The van der Waals surface area contributed by atoms with E-state index in [1.807, 2.05) is 42.5 Å². The molecule has 7 heteroatoms. The lowest BCUT2D eigenvalue weighted by Crippen LogP contribution is -2.39. The number of nitrogens with zero attached hydrogens (tertiary/aromatic N) is 1. The summed E-state index contributed by atoms with van der Waals surface area (Å²) in [4.78, 5) is 40.0. The molecule has 0 saturated carbocycles. The highest BCUT2D eigenvalue weighted by atomic mass is 16.5. The maximum Gasteiger partial charge on any atom is 0.303 e. The first-order valence-electron chi connectivity index (χ1n) is 11.0. The zero-order valence-electron chi connectivity index (χ0n) is 19.1. The van der Waals surface area contributed by atoms with Crippen molar-refractivity contribution in [3.8, 4) is 5.75 Å². The minimum atomic E-state index is -1.05. The van der Waals surface area contributed by atoms with Gasteiger partial charge in [0.2, 0.25) is 5.91 Å². The van der Waals surface area contributed by atoms with Crippen LogP contribution < -0.4 is 15.0 Å². The summed E-state index contributed by atoms with van der Waals surface area (Å²) in [6, 6.07) is 14.0. The number of carboxylic acid groups (broad SMARTS) is 1. The van der Waals surface area contributed by atoms with Crippen LogP contribution in [0.1, 0.15) is 51.1 Å². The number of ketones is 1. The fourth-order valence-corrected chi connectivity index (χ4v) is 4.78. The van der Waals surface area contributed by atoms with Gasteiger partial charge in [-0.05, 0) is 30.0 Å². The van der Waals surface area contributed by atoms with Gasteiger partial charge < -0.3 is 15.2 Å². The van der Waals surface area contributed by atoms with E-state index in [-0.39, 0.29) is 29.9 Å². The Balaban J connectivity index is 1.99. The first kappa shape index (κ1) is 22.6. The van der Waals surface area contributed by atoms with Gasteiger partial charge in [-0.3, -0.25) is 19.3 Å². The highest BCUT2D eigenvalue weighted by Crippen LogP contribution is 2.49. The zero-order valence-corrected chi connectivity index (χ0v) is 19.1. The molecule has 0 bridgehead atoms. The summed E-state index contributed by atoms with van der Waals surface area (Å²) in [7, 11) is 1.55. The van der Waals surface area contributed by atoms with Crippen molar-refractivity contribution in [3.63, 3.8) is 0 Å². The number of methoxy groups -OCH3 is 1. The standard InChI is InChI=1S/C26H28N2O5/c1-26(2)14-18-24(20(29)15-26)25(16-8-4-7-11-21(16)33-3)28(22(30)12-13-23(31)32)19-10-6-5-9-17(19)27-18/h4-11,25,27H,12-15H2,1-3H3,(H,31,32)/t25-/m0/s1. The summed E-state index contributed by atoms with van der Waals surface area (Å²) >= 11 is 0. The van der Waals surface area contributed by atoms with Gasteiger partial charge in [-0.25, -0.2) is 0 Å². The first-order valence-corrected chi connectivity index (χ1v) is 11.0. The molecule has 0 spiro atoms. The largest absolute Gasteiger partial charge is 0.496 e. The monoisotopic (exact) mass is 448 g/mol. The highest BCUT2D eigenvalue weighted by molar-refractivity contribution is 6.06. The molecule has 172 valence electrons. The maximum absolute atomic E-state index is 13.6. The van der Waals surface area contributed by atoms with E-state index in [1.54, 1.807) is 18.1 Å². The van der Waals surface area contributed by atoms with E-state index in [9.17, 15) is 19.5 Å². The molecule has 0 aromatic heterocycles. The Labute approximate surface area is 193 Å². The Kier molecular flexibility index (Phi) is 5.97. The number of benzene rings is 2. The van der Waals surface area contributed by atoms with Crippen LogP contribution in [0, 0.1) is 5.41 Å². The molecule has 33 heavy (non-hydrogen) atoms. The predicted molar refractivity (Wildman–Crippen MR) is 125 cm³/mol. The molecule has 2 aliphatic rings. The van der Waals surface area contributed by atoms with Gasteiger partial charge in [0.25, 0.3) is 0 Å². The number of aliphatic carboxylic acids is 1. The minimum Gasteiger partial charge on any atom is -0.496 e. The van der Waals surface area contributed by atoms with Crippen LogP contribution in [0.25, 0.3) is 0 Å². The summed E-state index contributed by atoms with van der Waals surface area (Å²) in [5, 5.41) is 12.6. The third kappa shape index (κ3) is 4.35. The Morgan fingerprint density at radius 2 is 1.79 bits per heavy atom. The molecule has 1 aliphatic heterocycles. The van der Waals surface area contributed by atoms with Crippen LogP contribution in [0.5, 0.6) is 5.75 Å². The first-order chi connectivity index (χ1) is 15.7. The quantitative estimate of drug-likeness (QED) is 0.688. The van der Waals surface area contributed by atoms with Crippen LogP contribution in [-0.2, 0) is 14.4 Å². The molecular weight excluding hydrogens is 420 g/mol. The molecule has 2 aromatic carbocycles. The van der Waals surface area contributed by atoms with Crippen molar-refractivity contribution in [2.45, 2.75) is 45.6 Å². The number of fused-ring (bicyclic) bond motifs is 1. The number of ether oxygens (including phenoxy) is 1. The second-order valence-electron chi connectivity index (χ2n) is 9.28. The molecule has 0 unspecified atom stereocenters. The Morgan fingerprint density at radius 1 is 1.09 bits per heavy atom. The molecule has 4 rings (SSSR count).